The topological polar surface area (TPSA) is 12.0 Å². The van der Waals surface area contributed by atoms with E-state index in [2.05, 4.69) is 5.32 Å². The first-order chi connectivity index (χ1) is 7.61. The van der Waals surface area contributed by atoms with Gasteiger partial charge in [0.15, 0.2) is 11.6 Å². The molecule has 0 bridgehead atoms. The highest BCUT2D eigenvalue weighted by atomic mass is 35.5. The summed E-state index contributed by atoms with van der Waals surface area (Å²) in [6.45, 7) is 0.678. The summed E-state index contributed by atoms with van der Waals surface area (Å²) in [5.41, 5.74) is -0.273. The molecular formula is C11H11ClF3N. The van der Waals surface area contributed by atoms with Crippen molar-refractivity contribution >= 4 is 11.6 Å². The lowest BCUT2D eigenvalue weighted by Gasteiger charge is -2.24. The Morgan fingerprint density at radius 3 is 2.56 bits per heavy atom. The minimum absolute atomic E-state index is 0.273. The number of hydrogen-bond donors (Lipinski definition) is 1. The molecule has 1 atom stereocenters. The van der Waals surface area contributed by atoms with Crippen LogP contribution < -0.4 is 5.32 Å². The van der Waals surface area contributed by atoms with E-state index in [9.17, 15) is 13.2 Å². The number of benzene rings is 1. The first-order valence-electron chi connectivity index (χ1n) is 5.17. The summed E-state index contributed by atoms with van der Waals surface area (Å²) in [6, 6.07) is 0.181. The van der Waals surface area contributed by atoms with E-state index in [1.807, 2.05) is 0 Å². The summed E-state index contributed by atoms with van der Waals surface area (Å²) in [7, 11) is 0. The lowest BCUT2D eigenvalue weighted by Crippen LogP contribution is -2.28. The summed E-state index contributed by atoms with van der Waals surface area (Å²) < 4.78 is 40.3. The summed E-state index contributed by atoms with van der Waals surface area (Å²) in [5.74, 6) is -3.10. The number of hydrogen-bond acceptors (Lipinski definition) is 1. The van der Waals surface area contributed by atoms with Crippen molar-refractivity contribution in [3.05, 3.63) is 34.1 Å². The maximum atomic E-state index is 13.6. The summed E-state index contributed by atoms with van der Waals surface area (Å²) >= 11 is 5.50. The van der Waals surface area contributed by atoms with Crippen LogP contribution in [0.15, 0.2) is 6.07 Å². The molecule has 2 rings (SSSR count). The van der Waals surface area contributed by atoms with Crippen LogP contribution in [0.25, 0.3) is 0 Å². The highest BCUT2D eigenvalue weighted by molar-refractivity contribution is 6.30. The first-order valence-corrected chi connectivity index (χ1v) is 5.55. The minimum atomic E-state index is -1.14. The van der Waals surface area contributed by atoms with Crippen LogP contribution in [-0.2, 0) is 0 Å². The molecule has 0 saturated carbocycles. The van der Waals surface area contributed by atoms with Crippen LogP contribution in [0.4, 0.5) is 13.2 Å². The lowest BCUT2D eigenvalue weighted by molar-refractivity contribution is 0.375. The van der Waals surface area contributed by atoms with E-state index < -0.39 is 23.5 Å². The molecule has 1 heterocycles. The third-order valence-electron chi connectivity index (χ3n) is 2.80. The Morgan fingerprint density at radius 2 is 1.94 bits per heavy atom. The molecular weight excluding hydrogens is 239 g/mol. The molecule has 1 nitrogen and oxygen atoms in total. The highest BCUT2D eigenvalue weighted by Gasteiger charge is 2.26. The molecule has 0 spiro atoms. The van der Waals surface area contributed by atoms with Crippen LogP contribution in [0, 0.1) is 17.5 Å². The van der Waals surface area contributed by atoms with Gasteiger partial charge in [-0.1, -0.05) is 18.0 Å². The molecule has 1 aliphatic rings. The van der Waals surface area contributed by atoms with E-state index in [4.69, 9.17) is 11.6 Å². The van der Waals surface area contributed by atoms with Gasteiger partial charge in [0.05, 0.1) is 5.02 Å². The zero-order valence-electron chi connectivity index (χ0n) is 8.49. The maximum Gasteiger partial charge on any atom is 0.166 e. The summed E-state index contributed by atoms with van der Waals surface area (Å²) in [4.78, 5) is 0. The van der Waals surface area contributed by atoms with E-state index in [-0.39, 0.29) is 10.6 Å². The van der Waals surface area contributed by atoms with Gasteiger partial charge in [0.1, 0.15) is 5.82 Å². The quantitative estimate of drug-likeness (QED) is 0.751. The normalized spacial score (nSPS) is 21.1. The molecule has 0 amide bonds. The molecule has 0 radical (unpaired) electrons. The van der Waals surface area contributed by atoms with Gasteiger partial charge >= 0.3 is 0 Å². The Morgan fingerprint density at radius 1 is 1.19 bits per heavy atom. The Hall–Kier alpha value is -0.740. The Bertz CT molecular complexity index is 376. The van der Waals surface area contributed by atoms with Crippen LogP contribution in [0.3, 0.4) is 0 Å². The van der Waals surface area contributed by atoms with Gasteiger partial charge in [0.2, 0.25) is 0 Å². The highest BCUT2D eigenvalue weighted by Crippen LogP contribution is 2.32. The van der Waals surface area contributed by atoms with Crippen LogP contribution in [0.5, 0.6) is 0 Å². The monoisotopic (exact) mass is 249 g/mol. The molecule has 1 fully saturated rings. The molecule has 1 aromatic rings. The second-order valence-electron chi connectivity index (χ2n) is 3.88. The van der Waals surface area contributed by atoms with E-state index >= 15 is 0 Å². The summed E-state index contributed by atoms with van der Waals surface area (Å²) in [6.07, 6.45) is 2.42. The average molecular weight is 250 g/mol. The fourth-order valence-electron chi connectivity index (χ4n) is 2.00. The third kappa shape index (κ3) is 2.04. The smallest absolute Gasteiger partial charge is 0.166 e. The zero-order valence-corrected chi connectivity index (χ0v) is 9.25. The Labute approximate surface area is 96.6 Å². The number of nitrogens with one attached hydrogen (secondary N) is 1. The largest absolute Gasteiger partial charge is 0.310 e. The van der Waals surface area contributed by atoms with Crippen molar-refractivity contribution in [2.45, 2.75) is 25.3 Å². The average Bonchev–Trinajstić information content (AvgIpc) is 2.28. The number of piperidine rings is 1. The molecule has 16 heavy (non-hydrogen) atoms. The summed E-state index contributed by atoms with van der Waals surface area (Å²) in [5, 5.41) is 2.59. The van der Waals surface area contributed by atoms with Crippen LogP contribution in [0.1, 0.15) is 30.9 Å². The van der Waals surface area contributed by atoms with Crippen molar-refractivity contribution in [1.29, 1.82) is 0 Å². The second-order valence-corrected chi connectivity index (χ2v) is 4.29. The van der Waals surface area contributed by atoms with Gasteiger partial charge in [0, 0.05) is 11.6 Å². The van der Waals surface area contributed by atoms with E-state index in [0.29, 0.717) is 19.0 Å². The molecule has 0 aliphatic carbocycles. The SMILES string of the molecule is Fc1cc(Cl)c(F)c(C2CCCCN2)c1F. The standard InChI is InChI=1S/C11H11ClF3N/c12-6-5-7(13)11(15)9(10(6)14)8-3-1-2-4-16-8/h5,8,16H,1-4H2. The predicted molar refractivity (Wildman–Crippen MR) is 55.9 cm³/mol. The van der Waals surface area contributed by atoms with Gasteiger partial charge in [-0.2, -0.15) is 0 Å². The van der Waals surface area contributed by atoms with Gasteiger partial charge in [-0.15, -0.1) is 0 Å². The first kappa shape index (κ1) is 11.7. The predicted octanol–water partition coefficient (Wildman–Crippen LogP) is 3.57. The molecule has 1 aromatic carbocycles. The number of halogens is 4. The zero-order chi connectivity index (χ0) is 11.7. The van der Waals surface area contributed by atoms with Gasteiger partial charge < -0.3 is 5.32 Å². The van der Waals surface area contributed by atoms with Crippen molar-refractivity contribution in [3.8, 4) is 0 Å². The Balaban J connectivity index is 2.45. The van der Waals surface area contributed by atoms with Crippen LogP contribution in [-0.4, -0.2) is 6.54 Å². The van der Waals surface area contributed by atoms with Gasteiger partial charge in [-0.3, -0.25) is 0 Å². The van der Waals surface area contributed by atoms with Gasteiger partial charge in [0.25, 0.3) is 0 Å². The van der Waals surface area contributed by atoms with Crippen molar-refractivity contribution in [1.82, 2.24) is 5.32 Å². The minimum Gasteiger partial charge on any atom is -0.310 e. The van der Waals surface area contributed by atoms with E-state index in [1.54, 1.807) is 0 Å². The molecule has 0 aromatic heterocycles. The van der Waals surface area contributed by atoms with Crippen LogP contribution in [0.2, 0.25) is 5.02 Å². The maximum absolute atomic E-state index is 13.6. The molecule has 88 valence electrons. The molecule has 1 unspecified atom stereocenters. The molecule has 1 aliphatic heterocycles. The van der Waals surface area contributed by atoms with Crippen molar-refractivity contribution in [2.75, 3.05) is 6.54 Å². The Kier molecular flexibility index (Phi) is 3.40. The van der Waals surface area contributed by atoms with Crippen molar-refractivity contribution < 1.29 is 13.2 Å². The van der Waals surface area contributed by atoms with Crippen molar-refractivity contribution in [3.63, 3.8) is 0 Å². The van der Waals surface area contributed by atoms with E-state index in [1.165, 1.54) is 0 Å². The molecule has 5 heteroatoms. The van der Waals surface area contributed by atoms with E-state index in [0.717, 1.165) is 12.8 Å². The van der Waals surface area contributed by atoms with Gasteiger partial charge in [-0.05, 0) is 25.5 Å². The second kappa shape index (κ2) is 4.63. The molecule has 1 saturated heterocycles. The van der Waals surface area contributed by atoms with Crippen LogP contribution >= 0.6 is 11.6 Å². The fraction of sp³-hybridized carbons (Fsp3) is 0.455. The fourth-order valence-corrected chi connectivity index (χ4v) is 2.19. The lowest BCUT2D eigenvalue weighted by atomic mass is 9.96. The number of rotatable bonds is 1. The van der Waals surface area contributed by atoms with Gasteiger partial charge in [-0.25, -0.2) is 13.2 Å². The van der Waals surface area contributed by atoms with Crippen molar-refractivity contribution in [2.24, 2.45) is 0 Å². The molecule has 1 N–H and O–H groups in total. The third-order valence-corrected chi connectivity index (χ3v) is 3.08.